The van der Waals surface area contributed by atoms with E-state index in [-0.39, 0.29) is 5.38 Å². The molecule has 0 saturated carbocycles. The molecule has 0 spiro atoms. The number of alkyl halides is 1. The zero-order chi connectivity index (χ0) is 10.7. The first kappa shape index (κ1) is 11.0. The number of aromatic nitrogens is 2. The summed E-state index contributed by atoms with van der Waals surface area (Å²) in [6, 6.07) is 0. The first-order valence-electron chi connectivity index (χ1n) is 5.47. The van der Waals surface area contributed by atoms with E-state index in [0.29, 0.717) is 11.8 Å². The third-order valence-electron chi connectivity index (χ3n) is 3.11. The Bertz CT molecular complexity index is 289. The minimum atomic E-state index is 0.162. The molecule has 1 aromatic rings. The Labute approximate surface area is 95.2 Å². The highest BCUT2D eigenvalue weighted by Gasteiger charge is 2.28. The van der Waals surface area contributed by atoms with Crippen LogP contribution >= 0.6 is 11.6 Å². The Kier molecular flexibility index (Phi) is 3.65. The van der Waals surface area contributed by atoms with Gasteiger partial charge < -0.3 is 9.72 Å². The number of H-pyrrole nitrogens is 1. The Morgan fingerprint density at radius 1 is 1.73 bits per heavy atom. The maximum Gasteiger partial charge on any atom is 0.107 e. The number of ether oxygens (including phenoxy) is 1. The first-order chi connectivity index (χ1) is 7.27. The van der Waals surface area contributed by atoms with Gasteiger partial charge in [0.1, 0.15) is 5.82 Å². The molecule has 0 aliphatic carbocycles. The molecule has 1 aliphatic heterocycles. The molecule has 84 valence electrons. The van der Waals surface area contributed by atoms with Gasteiger partial charge in [-0.25, -0.2) is 4.98 Å². The largest absolute Gasteiger partial charge is 0.381 e. The van der Waals surface area contributed by atoms with Gasteiger partial charge in [0.15, 0.2) is 0 Å². The van der Waals surface area contributed by atoms with Crippen molar-refractivity contribution in [2.24, 2.45) is 11.8 Å². The van der Waals surface area contributed by atoms with Gasteiger partial charge in [0.25, 0.3) is 0 Å². The van der Waals surface area contributed by atoms with Crippen LogP contribution in [-0.4, -0.2) is 28.6 Å². The predicted octanol–water partition coefficient (Wildman–Crippen LogP) is 2.23. The standard InChI is InChI=1S/C11H17ClN2O/c1-8-7-15-5-2-9(8)10(12)6-11-13-3-4-14-11/h3-4,8-10H,2,5-7H2,1H3,(H,13,14). The summed E-state index contributed by atoms with van der Waals surface area (Å²) in [6.07, 6.45) is 5.50. The summed E-state index contributed by atoms with van der Waals surface area (Å²) in [5.74, 6) is 2.08. The van der Waals surface area contributed by atoms with Crippen molar-refractivity contribution in [3.63, 3.8) is 0 Å². The van der Waals surface area contributed by atoms with Gasteiger partial charge in [-0.05, 0) is 18.3 Å². The summed E-state index contributed by atoms with van der Waals surface area (Å²) < 4.78 is 5.42. The summed E-state index contributed by atoms with van der Waals surface area (Å²) >= 11 is 6.43. The first-order valence-corrected chi connectivity index (χ1v) is 5.91. The third kappa shape index (κ3) is 2.73. The molecule has 4 heteroatoms. The average Bonchev–Trinajstić information content (AvgIpc) is 2.71. The lowest BCUT2D eigenvalue weighted by atomic mass is 9.85. The molecule has 2 heterocycles. The molecule has 3 nitrogen and oxygen atoms in total. The lowest BCUT2D eigenvalue weighted by Gasteiger charge is -2.31. The van der Waals surface area contributed by atoms with Crippen LogP contribution in [0.2, 0.25) is 0 Å². The van der Waals surface area contributed by atoms with Crippen LogP contribution in [0.25, 0.3) is 0 Å². The molecule has 15 heavy (non-hydrogen) atoms. The van der Waals surface area contributed by atoms with Crippen molar-refractivity contribution < 1.29 is 4.74 Å². The number of aromatic amines is 1. The quantitative estimate of drug-likeness (QED) is 0.806. The number of nitrogens with zero attached hydrogens (tertiary/aromatic N) is 1. The second-order valence-corrected chi connectivity index (χ2v) is 4.82. The van der Waals surface area contributed by atoms with Gasteiger partial charge in [-0.2, -0.15) is 0 Å². The van der Waals surface area contributed by atoms with Crippen LogP contribution in [0.3, 0.4) is 0 Å². The number of imidazole rings is 1. The van der Waals surface area contributed by atoms with Crippen molar-refractivity contribution in [2.45, 2.75) is 25.1 Å². The molecule has 1 aliphatic rings. The molecular formula is C11H17ClN2O. The lowest BCUT2D eigenvalue weighted by molar-refractivity contribution is 0.0228. The van der Waals surface area contributed by atoms with Gasteiger partial charge in [-0.1, -0.05) is 6.92 Å². The number of rotatable bonds is 3. The van der Waals surface area contributed by atoms with Gasteiger partial charge in [0.2, 0.25) is 0 Å². The third-order valence-corrected chi connectivity index (χ3v) is 3.59. The fourth-order valence-electron chi connectivity index (χ4n) is 2.18. The Morgan fingerprint density at radius 2 is 2.60 bits per heavy atom. The van der Waals surface area contributed by atoms with E-state index in [9.17, 15) is 0 Å². The molecule has 1 aromatic heterocycles. The Balaban J connectivity index is 1.91. The van der Waals surface area contributed by atoms with Crippen molar-refractivity contribution in [3.8, 4) is 0 Å². The normalized spacial score (nSPS) is 28.9. The number of hydrogen-bond acceptors (Lipinski definition) is 2. The molecule has 0 amide bonds. The molecule has 0 radical (unpaired) electrons. The second-order valence-electron chi connectivity index (χ2n) is 4.26. The van der Waals surface area contributed by atoms with Crippen LogP contribution in [0.4, 0.5) is 0 Å². The molecule has 1 N–H and O–H groups in total. The molecule has 2 rings (SSSR count). The molecular weight excluding hydrogens is 212 g/mol. The van der Waals surface area contributed by atoms with E-state index >= 15 is 0 Å². The van der Waals surface area contributed by atoms with Gasteiger partial charge >= 0.3 is 0 Å². The number of hydrogen-bond donors (Lipinski definition) is 1. The summed E-state index contributed by atoms with van der Waals surface area (Å²) in [7, 11) is 0. The zero-order valence-corrected chi connectivity index (χ0v) is 9.70. The SMILES string of the molecule is CC1COCCC1C(Cl)Cc1ncc[nH]1. The molecule has 3 unspecified atom stereocenters. The number of halogens is 1. The molecule has 0 bridgehead atoms. The minimum absolute atomic E-state index is 0.162. The fourth-order valence-corrected chi connectivity index (χ4v) is 2.70. The Hall–Kier alpha value is -0.540. The van der Waals surface area contributed by atoms with E-state index in [2.05, 4.69) is 16.9 Å². The molecule has 1 saturated heterocycles. The molecule has 3 atom stereocenters. The lowest BCUT2D eigenvalue weighted by Crippen LogP contribution is -2.32. The van der Waals surface area contributed by atoms with Crippen molar-refractivity contribution >= 4 is 11.6 Å². The van der Waals surface area contributed by atoms with E-state index in [0.717, 1.165) is 31.9 Å². The summed E-state index contributed by atoms with van der Waals surface area (Å²) in [4.78, 5) is 7.30. The van der Waals surface area contributed by atoms with E-state index in [1.807, 2.05) is 6.20 Å². The van der Waals surface area contributed by atoms with Crippen LogP contribution in [0.1, 0.15) is 19.2 Å². The van der Waals surface area contributed by atoms with Gasteiger partial charge in [0.05, 0.1) is 0 Å². The number of nitrogens with one attached hydrogen (secondary N) is 1. The molecule has 1 fully saturated rings. The highest BCUT2D eigenvalue weighted by molar-refractivity contribution is 6.20. The average molecular weight is 229 g/mol. The predicted molar refractivity (Wildman–Crippen MR) is 60.0 cm³/mol. The van der Waals surface area contributed by atoms with Crippen LogP contribution in [0, 0.1) is 11.8 Å². The van der Waals surface area contributed by atoms with Crippen molar-refractivity contribution in [3.05, 3.63) is 18.2 Å². The monoisotopic (exact) mass is 228 g/mol. The molecule has 0 aromatic carbocycles. The summed E-state index contributed by atoms with van der Waals surface area (Å²) in [6.45, 7) is 3.89. The van der Waals surface area contributed by atoms with Crippen LogP contribution in [0.5, 0.6) is 0 Å². The second kappa shape index (κ2) is 4.99. The van der Waals surface area contributed by atoms with Gasteiger partial charge in [-0.3, -0.25) is 0 Å². The van der Waals surface area contributed by atoms with Crippen LogP contribution < -0.4 is 0 Å². The topological polar surface area (TPSA) is 37.9 Å². The zero-order valence-electron chi connectivity index (χ0n) is 8.95. The highest BCUT2D eigenvalue weighted by atomic mass is 35.5. The minimum Gasteiger partial charge on any atom is -0.381 e. The summed E-state index contributed by atoms with van der Waals surface area (Å²) in [5, 5.41) is 0.162. The highest BCUT2D eigenvalue weighted by Crippen LogP contribution is 2.29. The maximum absolute atomic E-state index is 6.43. The van der Waals surface area contributed by atoms with Crippen LogP contribution in [-0.2, 0) is 11.2 Å². The van der Waals surface area contributed by atoms with E-state index in [1.165, 1.54) is 0 Å². The van der Waals surface area contributed by atoms with E-state index in [1.54, 1.807) is 6.20 Å². The van der Waals surface area contributed by atoms with Crippen LogP contribution in [0.15, 0.2) is 12.4 Å². The van der Waals surface area contributed by atoms with E-state index < -0.39 is 0 Å². The van der Waals surface area contributed by atoms with Crippen molar-refractivity contribution in [1.29, 1.82) is 0 Å². The fraction of sp³-hybridized carbons (Fsp3) is 0.727. The van der Waals surface area contributed by atoms with Crippen molar-refractivity contribution in [1.82, 2.24) is 9.97 Å². The van der Waals surface area contributed by atoms with Gasteiger partial charge in [-0.15, -0.1) is 11.6 Å². The maximum atomic E-state index is 6.43. The van der Waals surface area contributed by atoms with E-state index in [4.69, 9.17) is 16.3 Å². The summed E-state index contributed by atoms with van der Waals surface area (Å²) in [5.41, 5.74) is 0. The van der Waals surface area contributed by atoms with Gasteiger partial charge in [0, 0.05) is 37.4 Å². The smallest absolute Gasteiger partial charge is 0.107 e. The van der Waals surface area contributed by atoms with Crippen molar-refractivity contribution in [2.75, 3.05) is 13.2 Å². The Morgan fingerprint density at radius 3 is 3.27 bits per heavy atom.